The normalized spacial score (nSPS) is 12.2. The number of halogens is 2. The molecule has 2 aromatic carbocycles. The summed E-state index contributed by atoms with van der Waals surface area (Å²) in [4.78, 5) is 0. The van der Waals surface area contributed by atoms with Crippen molar-refractivity contribution in [2.75, 3.05) is 6.61 Å². The van der Waals surface area contributed by atoms with Crippen LogP contribution in [0.4, 0.5) is 4.39 Å². The van der Waals surface area contributed by atoms with Gasteiger partial charge in [-0.1, -0.05) is 29.3 Å². The highest BCUT2D eigenvalue weighted by atomic mass is 35.5. The van der Waals surface area contributed by atoms with Crippen LogP contribution in [0.25, 0.3) is 0 Å². The van der Waals surface area contributed by atoms with E-state index in [4.69, 9.17) is 16.3 Å². The van der Waals surface area contributed by atoms with Crippen molar-refractivity contribution in [3.8, 4) is 5.75 Å². The van der Waals surface area contributed by atoms with Gasteiger partial charge in [-0.05, 0) is 38.1 Å². The number of benzene rings is 2. The Bertz CT molecular complexity index is 613. The van der Waals surface area contributed by atoms with E-state index in [9.17, 15) is 9.50 Å². The molecule has 0 bridgehead atoms. The van der Waals surface area contributed by atoms with Crippen LogP contribution in [0.3, 0.4) is 0 Å². The monoisotopic (exact) mass is 294 g/mol. The van der Waals surface area contributed by atoms with Crippen molar-refractivity contribution in [2.24, 2.45) is 0 Å². The SMILES string of the molecule is CCOc1ccc(C)cc1C(O)c1ccc(Cl)cc1F. The second kappa shape index (κ2) is 6.25. The maximum absolute atomic E-state index is 13.9. The molecule has 0 fully saturated rings. The first-order valence-corrected chi connectivity index (χ1v) is 6.77. The highest BCUT2D eigenvalue weighted by Crippen LogP contribution is 2.33. The van der Waals surface area contributed by atoms with Crippen LogP contribution in [0.15, 0.2) is 36.4 Å². The Morgan fingerprint density at radius 2 is 1.95 bits per heavy atom. The van der Waals surface area contributed by atoms with E-state index in [1.54, 1.807) is 18.2 Å². The van der Waals surface area contributed by atoms with Gasteiger partial charge in [-0.15, -0.1) is 0 Å². The van der Waals surface area contributed by atoms with Gasteiger partial charge in [0.1, 0.15) is 17.7 Å². The fourth-order valence-corrected chi connectivity index (χ4v) is 2.22. The highest BCUT2D eigenvalue weighted by Gasteiger charge is 2.19. The average Bonchev–Trinajstić information content (AvgIpc) is 2.40. The number of aliphatic hydroxyl groups excluding tert-OH is 1. The number of aryl methyl sites for hydroxylation is 1. The van der Waals surface area contributed by atoms with Gasteiger partial charge in [0.05, 0.1) is 6.61 Å². The predicted octanol–water partition coefficient (Wildman–Crippen LogP) is 4.27. The van der Waals surface area contributed by atoms with E-state index in [-0.39, 0.29) is 5.56 Å². The summed E-state index contributed by atoms with van der Waals surface area (Å²) in [6, 6.07) is 9.70. The number of ether oxygens (including phenoxy) is 1. The van der Waals surface area contributed by atoms with E-state index in [0.717, 1.165) is 5.56 Å². The Morgan fingerprint density at radius 3 is 2.60 bits per heavy atom. The summed E-state index contributed by atoms with van der Waals surface area (Å²) in [6.45, 7) is 4.24. The lowest BCUT2D eigenvalue weighted by molar-refractivity contribution is 0.207. The Hall–Kier alpha value is -1.58. The van der Waals surface area contributed by atoms with Gasteiger partial charge in [-0.3, -0.25) is 0 Å². The molecule has 4 heteroatoms. The Morgan fingerprint density at radius 1 is 1.20 bits per heavy atom. The second-order valence-electron chi connectivity index (χ2n) is 4.54. The molecule has 0 saturated heterocycles. The molecule has 0 spiro atoms. The molecule has 1 unspecified atom stereocenters. The van der Waals surface area contributed by atoms with Crippen LogP contribution < -0.4 is 4.74 Å². The third kappa shape index (κ3) is 3.11. The van der Waals surface area contributed by atoms with Crippen LogP contribution in [0.2, 0.25) is 5.02 Å². The molecule has 1 atom stereocenters. The maximum Gasteiger partial charge on any atom is 0.130 e. The molecule has 2 rings (SSSR count). The molecule has 0 aromatic heterocycles. The quantitative estimate of drug-likeness (QED) is 0.912. The third-order valence-corrected chi connectivity index (χ3v) is 3.25. The zero-order valence-corrected chi connectivity index (χ0v) is 12.1. The number of aliphatic hydroxyl groups is 1. The maximum atomic E-state index is 13.9. The summed E-state index contributed by atoms with van der Waals surface area (Å²) in [5.41, 5.74) is 1.70. The molecule has 0 aliphatic heterocycles. The Balaban J connectivity index is 2.46. The lowest BCUT2D eigenvalue weighted by atomic mass is 9.98. The van der Waals surface area contributed by atoms with Crippen LogP contribution in [0.5, 0.6) is 5.75 Å². The van der Waals surface area contributed by atoms with Crippen LogP contribution in [0, 0.1) is 12.7 Å². The third-order valence-electron chi connectivity index (χ3n) is 3.02. The fraction of sp³-hybridized carbons (Fsp3) is 0.250. The zero-order chi connectivity index (χ0) is 14.7. The molecule has 0 aliphatic rings. The van der Waals surface area contributed by atoms with E-state index in [1.807, 2.05) is 19.9 Å². The van der Waals surface area contributed by atoms with E-state index in [1.165, 1.54) is 12.1 Å². The van der Waals surface area contributed by atoms with Gasteiger partial charge >= 0.3 is 0 Å². The minimum absolute atomic E-state index is 0.181. The molecular formula is C16H16ClFO2. The van der Waals surface area contributed by atoms with Crippen LogP contribution in [-0.2, 0) is 0 Å². The van der Waals surface area contributed by atoms with Gasteiger partial charge in [0.25, 0.3) is 0 Å². The molecule has 0 radical (unpaired) electrons. The van der Waals surface area contributed by atoms with Crippen molar-refractivity contribution in [1.82, 2.24) is 0 Å². The molecule has 2 nitrogen and oxygen atoms in total. The largest absolute Gasteiger partial charge is 0.493 e. The summed E-state index contributed by atoms with van der Waals surface area (Å²) in [5, 5.41) is 10.7. The fourth-order valence-electron chi connectivity index (χ4n) is 2.06. The lowest BCUT2D eigenvalue weighted by Gasteiger charge is -2.17. The average molecular weight is 295 g/mol. The van der Waals surface area contributed by atoms with Crippen molar-refractivity contribution in [2.45, 2.75) is 20.0 Å². The number of hydrogen-bond acceptors (Lipinski definition) is 2. The van der Waals surface area contributed by atoms with Crippen LogP contribution in [0.1, 0.15) is 29.7 Å². The number of rotatable bonds is 4. The molecule has 0 amide bonds. The lowest BCUT2D eigenvalue weighted by Crippen LogP contribution is -2.06. The van der Waals surface area contributed by atoms with Crippen molar-refractivity contribution in [1.29, 1.82) is 0 Å². The van der Waals surface area contributed by atoms with Gasteiger partial charge in [0, 0.05) is 16.1 Å². The predicted molar refractivity (Wildman–Crippen MR) is 77.8 cm³/mol. The Labute approximate surface area is 122 Å². The molecule has 0 saturated carbocycles. The van der Waals surface area contributed by atoms with Crippen molar-refractivity contribution in [3.63, 3.8) is 0 Å². The van der Waals surface area contributed by atoms with Gasteiger partial charge in [-0.2, -0.15) is 0 Å². The van der Waals surface area contributed by atoms with Crippen molar-refractivity contribution < 1.29 is 14.2 Å². The number of hydrogen-bond donors (Lipinski definition) is 1. The van der Waals surface area contributed by atoms with Crippen molar-refractivity contribution in [3.05, 3.63) is 63.9 Å². The van der Waals surface area contributed by atoms with Crippen LogP contribution in [-0.4, -0.2) is 11.7 Å². The second-order valence-corrected chi connectivity index (χ2v) is 4.98. The minimum atomic E-state index is -1.09. The minimum Gasteiger partial charge on any atom is -0.493 e. The summed E-state index contributed by atoms with van der Waals surface area (Å²) in [6.07, 6.45) is -1.09. The molecular weight excluding hydrogens is 279 g/mol. The van der Waals surface area contributed by atoms with E-state index < -0.39 is 11.9 Å². The summed E-state index contributed by atoms with van der Waals surface area (Å²) in [7, 11) is 0. The molecule has 106 valence electrons. The first-order chi connectivity index (χ1) is 9.52. The molecule has 2 aromatic rings. The van der Waals surface area contributed by atoms with Gasteiger partial charge in [0.2, 0.25) is 0 Å². The Kier molecular flexibility index (Phi) is 4.63. The standard InChI is InChI=1S/C16H16ClFO2/c1-3-20-15-7-4-10(2)8-13(15)16(19)12-6-5-11(17)9-14(12)18/h4-9,16,19H,3H2,1-2H3. The summed E-state index contributed by atoms with van der Waals surface area (Å²) < 4.78 is 19.4. The molecule has 1 N–H and O–H groups in total. The van der Waals surface area contributed by atoms with E-state index in [0.29, 0.717) is 22.9 Å². The molecule has 0 aliphatic carbocycles. The van der Waals surface area contributed by atoms with E-state index in [2.05, 4.69) is 0 Å². The summed E-state index contributed by atoms with van der Waals surface area (Å²) in [5.74, 6) is 0.0221. The van der Waals surface area contributed by atoms with Gasteiger partial charge in [0.15, 0.2) is 0 Å². The zero-order valence-electron chi connectivity index (χ0n) is 11.4. The van der Waals surface area contributed by atoms with Gasteiger partial charge in [-0.25, -0.2) is 4.39 Å². The summed E-state index contributed by atoms with van der Waals surface area (Å²) >= 11 is 5.73. The van der Waals surface area contributed by atoms with Gasteiger partial charge < -0.3 is 9.84 Å². The first-order valence-electron chi connectivity index (χ1n) is 6.39. The highest BCUT2D eigenvalue weighted by molar-refractivity contribution is 6.30. The smallest absolute Gasteiger partial charge is 0.130 e. The van der Waals surface area contributed by atoms with Crippen molar-refractivity contribution >= 4 is 11.6 Å². The van der Waals surface area contributed by atoms with Crippen LogP contribution >= 0.6 is 11.6 Å². The van der Waals surface area contributed by atoms with E-state index >= 15 is 0 Å². The molecule has 20 heavy (non-hydrogen) atoms. The molecule has 0 heterocycles. The first kappa shape index (κ1) is 14.8. The topological polar surface area (TPSA) is 29.5 Å².